The number of rotatable bonds is 2. The van der Waals surface area contributed by atoms with E-state index in [1.54, 1.807) is 6.33 Å². The van der Waals surface area contributed by atoms with Crippen molar-refractivity contribution in [1.82, 2.24) is 15.3 Å². The Morgan fingerprint density at radius 2 is 2.29 bits per heavy atom. The number of furan rings is 1. The second kappa shape index (κ2) is 4.86. The van der Waals surface area contributed by atoms with Gasteiger partial charge in [0.1, 0.15) is 17.4 Å². The molecule has 0 unspecified atom stereocenters. The van der Waals surface area contributed by atoms with Gasteiger partial charge in [-0.05, 0) is 25.6 Å². The number of hydrogen-bond acceptors (Lipinski definition) is 5. The number of benzene rings is 1. The van der Waals surface area contributed by atoms with Crippen molar-refractivity contribution in [1.29, 1.82) is 0 Å². The highest BCUT2D eigenvalue weighted by molar-refractivity contribution is 6.37. The topological polar surface area (TPSA) is 54.2 Å². The third kappa shape index (κ3) is 1.96. The molecule has 2 aromatic heterocycles. The Kier molecular flexibility index (Phi) is 2.97. The molecule has 1 N–H and O–H groups in total. The molecule has 3 aromatic rings. The number of aromatic nitrogens is 2. The normalized spacial score (nSPS) is 19.0. The molecule has 5 nitrogen and oxygen atoms in total. The molecule has 1 atom stereocenters. The quantitative estimate of drug-likeness (QED) is 0.789. The van der Waals surface area contributed by atoms with Gasteiger partial charge in [-0.1, -0.05) is 17.7 Å². The maximum Gasteiger partial charge on any atom is 0.196 e. The van der Waals surface area contributed by atoms with Crippen LogP contribution in [0.25, 0.3) is 22.1 Å². The van der Waals surface area contributed by atoms with Gasteiger partial charge in [-0.15, -0.1) is 0 Å². The summed E-state index contributed by atoms with van der Waals surface area (Å²) < 4.78 is 5.97. The fourth-order valence-electron chi connectivity index (χ4n) is 2.98. The molecule has 1 aromatic carbocycles. The van der Waals surface area contributed by atoms with E-state index in [-0.39, 0.29) is 0 Å². The fourth-order valence-corrected chi connectivity index (χ4v) is 3.23. The smallest absolute Gasteiger partial charge is 0.196 e. The molecule has 6 heteroatoms. The molecule has 21 heavy (non-hydrogen) atoms. The van der Waals surface area contributed by atoms with Crippen LogP contribution in [0.5, 0.6) is 0 Å². The number of nitrogens with one attached hydrogen (secondary N) is 1. The van der Waals surface area contributed by atoms with Crippen molar-refractivity contribution in [2.75, 3.05) is 25.0 Å². The van der Waals surface area contributed by atoms with Crippen LogP contribution in [-0.2, 0) is 0 Å². The van der Waals surface area contributed by atoms with Crippen LogP contribution in [0, 0.1) is 0 Å². The maximum absolute atomic E-state index is 6.29. The van der Waals surface area contributed by atoms with Crippen LogP contribution in [0.4, 0.5) is 5.82 Å². The molecule has 1 aliphatic heterocycles. The lowest BCUT2D eigenvalue weighted by atomic mass is 10.2. The number of nitrogens with zero attached hydrogens (tertiary/aromatic N) is 3. The summed E-state index contributed by atoms with van der Waals surface area (Å²) in [7, 11) is 1.99. The molecule has 0 saturated carbocycles. The molecular weight excluding hydrogens is 288 g/mol. The first-order valence-corrected chi connectivity index (χ1v) is 7.39. The molecule has 1 fully saturated rings. The van der Waals surface area contributed by atoms with Gasteiger partial charge in [0.15, 0.2) is 11.4 Å². The molecule has 1 saturated heterocycles. The van der Waals surface area contributed by atoms with E-state index in [2.05, 4.69) is 20.2 Å². The average molecular weight is 303 g/mol. The number of likely N-dealkylation sites (N-methyl/N-ethyl adjacent to an activating group) is 1. The van der Waals surface area contributed by atoms with Crippen molar-refractivity contribution in [2.24, 2.45) is 0 Å². The van der Waals surface area contributed by atoms with Gasteiger partial charge in [-0.3, -0.25) is 0 Å². The van der Waals surface area contributed by atoms with Crippen molar-refractivity contribution in [3.63, 3.8) is 0 Å². The Morgan fingerprint density at radius 1 is 1.38 bits per heavy atom. The van der Waals surface area contributed by atoms with Gasteiger partial charge in [0, 0.05) is 19.1 Å². The molecule has 4 rings (SSSR count). The van der Waals surface area contributed by atoms with Crippen molar-refractivity contribution in [3.05, 3.63) is 29.5 Å². The van der Waals surface area contributed by atoms with Crippen LogP contribution in [0.15, 0.2) is 28.9 Å². The third-order valence-electron chi connectivity index (χ3n) is 4.11. The average Bonchev–Trinajstić information content (AvgIpc) is 3.11. The number of hydrogen-bond donors (Lipinski definition) is 1. The minimum atomic E-state index is 0.489. The lowest BCUT2D eigenvalue weighted by molar-refractivity contribution is 0.615. The Hall–Kier alpha value is -1.85. The molecule has 0 aliphatic carbocycles. The summed E-state index contributed by atoms with van der Waals surface area (Å²) in [5.41, 5.74) is 2.26. The van der Waals surface area contributed by atoms with Gasteiger partial charge in [0.05, 0.1) is 10.4 Å². The van der Waals surface area contributed by atoms with Gasteiger partial charge in [0.2, 0.25) is 0 Å². The predicted octanol–water partition coefficient (Wildman–Crippen LogP) is 2.83. The van der Waals surface area contributed by atoms with Gasteiger partial charge >= 0.3 is 0 Å². The monoisotopic (exact) mass is 302 g/mol. The summed E-state index contributed by atoms with van der Waals surface area (Å²) in [6.45, 7) is 1.88. The molecule has 0 bridgehead atoms. The first kappa shape index (κ1) is 12.9. The number of halogens is 1. The van der Waals surface area contributed by atoms with E-state index < -0.39 is 0 Å². The standard InChI is InChI=1S/C15H15ClN4O/c1-17-9-5-6-20(7-9)15-14-13(18-8-19-15)12-10(16)3-2-4-11(12)21-14/h2-4,8-9,17H,5-7H2,1H3/t9-/m1/s1. The van der Waals surface area contributed by atoms with E-state index in [1.807, 2.05) is 25.2 Å². The van der Waals surface area contributed by atoms with Gasteiger partial charge < -0.3 is 14.6 Å². The van der Waals surface area contributed by atoms with Crippen molar-refractivity contribution < 1.29 is 4.42 Å². The maximum atomic E-state index is 6.29. The summed E-state index contributed by atoms with van der Waals surface area (Å²) in [5, 5.41) is 4.83. The third-order valence-corrected chi connectivity index (χ3v) is 4.42. The van der Waals surface area contributed by atoms with E-state index in [4.69, 9.17) is 16.0 Å². The van der Waals surface area contributed by atoms with E-state index >= 15 is 0 Å². The van der Waals surface area contributed by atoms with Crippen LogP contribution in [0.2, 0.25) is 5.02 Å². The first-order valence-electron chi connectivity index (χ1n) is 7.02. The van der Waals surface area contributed by atoms with Gasteiger partial charge in [-0.25, -0.2) is 9.97 Å². The molecular formula is C15H15ClN4O. The van der Waals surface area contributed by atoms with Crippen molar-refractivity contribution >= 4 is 39.5 Å². The molecule has 0 amide bonds. The molecule has 0 radical (unpaired) electrons. The number of anilines is 1. The van der Waals surface area contributed by atoms with E-state index in [1.165, 1.54) is 0 Å². The Bertz CT molecular complexity index is 816. The van der Waals surface area contributed by atoms with Crippen LogP contribution < -0.4 is 10.2 Å². The van der Waals surface area contributed by atoms with Crippen LogP contribution in [0.3, 0.4) is 0 Å². The predicted molar refractivity (Wildman–Crippen MR) is 84.0 cm³/mol. The lowest BCUT2D eigenvalue weighted by Crippen LogP contribution is -2.29. The molecule has 108 valence electrons. The minimum Gasteiger partial charge on any atom is -0.450 e. The first-order chi connectivity index (χ1) is 10.3. The zero-order chi connectivity index (χ0) is 14.4. The van der Waals surface area contributed by atoms with Gasteiger partial charge in [-0.2, -0.15) is 0 Å². The van der Waals surface area contributed by atoms with Crippen LogP contribution >= 0.6 is 11.6 Å². The minimum absolute atomic E-state index is 0.489. The molecule has 3 heterocycles. The largest absolute Gasteiger partial charge is 0.450 e. The van der Waals surface area contributed by atoms with Crippen LogP contribution in [-0.4, -0.2) is 36.1 Å². The van der Waals surface area contributed by atoms with E-state index in [0.29, 0.717) is 11.1 Å². The SMILES string of the molecule is CN[C@@H]1CCN(c2ncnc3c2oc2cccc(Cl)c23)C1. The second-order valence-electron chi connectivity index (χ2n) is 5.31. The highest BCUT2D eigenvalue weighted by Crippen LogP contribution is 2.36. The zero-order valence-electron chi connectivity index (χ0n) is 11.6. The van der Waals surface area contributed by atoms with E-state index in [0.717, 1.165) is 47.4 Å². The number of fused-ring (bicyclic) bond motifs is 3. The van der Waals surface area contributed by atoms with Gasteiger partial charge in [0.25, 0.3) is 0 Å². The Balaban J connectivity index is 1.91. The van der Waals surface area contributed by atoms with Crippen molar-refractivity contribution in [3.8, 4) is 0 Å². The molecule has 1 aliphatic rings. The summed E-state index contributed by atoms with van der Waals surface area (Å²) >= 11 is 6.29. The summed E-state index contributed by atoms with van der Waals surface area (Å²) in [6.07, 6.45) is 2.69. The Labute approximate surface area is 126 Å². The second-order valence-corrected chi connectivity index (χ2v) is 5.72. The summed E-state index contributed by atoms with van der Waals surface area (Å²) in [4.78, 5) is 11.0. The highest BCUT2D eigenvalue weighted by Gasteiger charge is 2.26. The molecule has 0 spiro atoms. The summed E-state index contributed by atoms with van der Waals surface area (Å²) in [6, 6.07) is 6.14. The van der Waals surface area contributed by atoms with Crippen molar-refractivity contribution in [2.45, 2.75) is 12.5 Å². The zero-order valence-corrected chi connectivity index (χ0v) is 12.4. The fraction of sp³-hybridized carbons (Fsp3) is 0.333. The van der Waals surface area contributed by atoms with Crippen LogP contribution in [0.1, 0.15) is 6.42 Å². The highest BCUT2D eigenvalue weighted by atomic mass is 35.5. The Morgan fingerprint density at radius 3 is 3.10 bits per heavy atom. The lowest BCUT2D eigenvalue weighted by Gasteiger charge is -2.16. The summed E-state index contributed by atoms with van der Waals surface area (Å²) in [5.74, 6) is 0.852. The van der Waals surface area contributed by atoms with E-state index in [9.17, 15) is 0 Å².